The molecule has 1 saturated heterocycles. The number of hydrogen-bond donors (Lipinski definition) is 1. The molecule has 1 saturated carbocycles. The lowest BCUT2D eigenvalue weighted by atomic mass is 9.83. The van der Waals surface area contributed by atoms with Crippen molar-refractivity contribution in [3.05, 3.63) is 0 Å². The quantitative estimate of drug-likeness (QED) is 0.719. The van der Waals surface area contributed by atoms with Crippen LogP contribution < -0.4 is 0 Å². The summed E-state index contributed by atoms with van der Waals surface area (Å²) in [6.07, 6.45) is 3.71. The van der Waals surface area contributed by atoms with Gasteiger partial charge >= 0.3 is 5.97 Å². The lowest BCUT2D eigenvalue weighted by Gasteiger charge is -2.44. The van der Waals surface area contributed by atoms with Crippen LogP contribution >= 0.6 is 0 Å². The van der Waals surface area contributed by atoms with Crippen molar-refractivity contribution >= 4 is 5.97 Å². The fourth-order valence-corrected chi connectivity index (χ4v) is 2.06. The molecule has 4 nitrogen and oxygen atoms in total. The van der Waals surface area contributed by atoms with Crippen molar-refractivity contribution in [1.29, 1.82) is 0 Å². The Morgan fingerprint density at radius 1 is 1.57 bits per heavy atom. The van der Waals surface area contributed by atoms with Crippen molar-refractivity contribution in [3.8, 4) is 0 Å². The molecule has 1 N–H and O–H groups in total. The van der Waals surface area contributed by atoms with E-state index in [9.17, 15) is 4.79 Å². The summed E-state index contributed by atoms with van der Waals surface area (Å²) in [5.74, 6) is -0.713. The maximum atomic E-state index is 11.1. The number of nitrogens with zero attached hydrogens (tertiary/aromatic N) is 1. The van der Waals surface area contributed by atoms with Crippen LogP contribution in [0.2, 0.25) is 0 Å². The van der Waals surface area contributed by atoms with Crippen LogP contribution in [0.5, 0.6) is 0 Å². The number of rotatable bonds is 4. The second kappa shape index (κ2) is 3.51. The topological polar surface area (TPSA) is 49.8 Å². The maximum Gasteiger partial charge on any atom is 0.315 e. The molecule has 0 aromatic carbocycles. The highest BCUT2D eigenvalue weighted by Crippen LogP contribution is 2.32. The highest BCUT2D eigenvalue weighted by molar-refractivity contribution is 5.76. The van der Waals surface area contributed by atoms with E-state index in [1.165, 1.54) is 19.3 Å². The third-order valence-corrected chi connectivity index (χ3v) is 3.46. The normalized spacial score (nSPS) is 25.6. The largest absolute Gasteiger partial charge is 0.481 e. The number of aliphatic carboxylic acids is 1. The minimum Gasteiger partial charge on any atom is -0.481 e. The Balaban J connectivity index is 1.90. The van der Waals surface area contributed by atoms with E-state index >= 15 is 0 Å². The molecule has 0 radical (unpaired) electrons. The molecule has 0 amide bonds. The molecule has 14 heavy (non-hydrogen) atoms. The Labute approximate surface area is 83.8 Å². The molecule has 0 atom stereocenters. The summed E-state index contributed by atoms with van der Waals surface area (Å²) in [4.78, 5) is 13.2. The van der Waals surface area contributed by atoms with Crippen molar-refractivity contribution in [2.45, 2.75) is 25.3 Å². The lowest BCUT2D eigenvalue weighted by molar-refractivity contribution is -0.184. The maximum absolute atomic E-state index is 11.1. The molecule has 1 heterocycles. The van der Waals surface area contributed by atoms with Crippen LogP contribution in [0.1, 0.15) is 19.3 Å². The summed E-state index contributed by atoms with van der Waals surface area (Å²) in [6.45, 7) is 1.38. The van der Waals surface area contributed by atoms with E-state index in [2.05, 4.69) is 4.90 Å². The molecule has 0 aromatic heterocycles. The average molecular weight is 199 g/mol. The summed E-state index contributed by atoms with van der Waals surface area (Å²) in [6, 6.07) is 0.604. The molecule has 1 aliphatic heterocycles. The van der Waals surface area contributed by atoms with Gasteiger partial charge in [0.15, 0.2) is 0 Å². The number of carboxylic acids is 1. The first-order valence-corrected chi connectivity index (χ1v) is 5.15. The second-order valence-corrected chi connectivity index (χ2v) is 4.58. The van der Waals surface area contributed by atoms with Crippen LogP contribution in [0.15, 0.2) is 0 Å². The molecular weight excluding hydrogens is 182 g/mol. The van der Waals surface area contributed by atoms with E-state index in [4.69, 9.17) is 9.84 Å². The third-order valence-electron chi connectivity index (χ3n) is 3.46. The van der Waals surface area contributed by atoms with Gasteiger partial charge in [-0.1, -0.05) is 6.42 Å². The van der Waals surface area contributed by atoms with E-state index in [1.807, 2.05) is 7.05 Å². The van der Waals surface area contributed by atoms with Crippen LogP contribution in [0.4, 0.5) is 0 Å². The predicted octanol–water partition coefficient (Wildman–Crippen LogP) is 0.572. The number of carbonyl (C=O) groups is 1. The number of ether oxygens (including phenoxy) is 1. The molecule has 1 aliphatic carbocycles. The summed E-state index contributed by atoms with van der Waals surface area (Å²) >= 11 is 0. The van der Waals surface area contributed by atoms with Crippen LogP contribution in [0, 0.1) is 5.41 Å². The molecule has 0 aromatic rings. The van der Waals surface area contributed by atoms with Gasteiger partial charge in [0, 0.05) is 12.6 Å². The average Bonchev–Trinajstić information content (AvgIpc) is 1.92. The van der Waals surface area contributed by atoms with Gasteiger partial charge in [-0.3, -0.25) is 4.79 Å². The van der Waals surface area contributed by atoms with Gasteiger partial charge in [0.05, 0.1) is 13.2 Å². The minimum atomic E-state index is -0.713. The molecule has 0 spiro atoms. The molecule has 4 heteroatoms. The van der Waals surface area contributed by atoms with Gasteiger partial charge in [0.1, 0.15) is 5.41 Å². The lowest BCUT2D eigenvalue weighted by Crippen LogP contribution is -2.57. The van der Waals surface area contributed by atoms with Crippen molar-refractivity contribution in [2.75, 3.05) is 26.8 Å². The first-order valence-electron chi connectivity index (χ1n) is 5.15. The monoisotopic (exact) mass is 199 g/mol. The van der Waals surface area contributed by atoms with Crippen LogP contribution in [0.3, 0.4) is 0 Å². The number of carboxylic acid groups (broad SMARTS) is 1. The Morgan fingerprint density at radius 3 is 2.50 bits per heavy atom. The molecule has 80 valence electrons. The second-order valence-electron chi connectivity index (χ2n) is 4.58. The van der Waals surface area contributed by atoms with Gasteiger partial charge in [-0.2, -0.15) is 0 Å². The zero-order valence-corrected chi connectivity index (χ0v) is 8.53. The van der Waals surface area contributed by atoms with Gasteiger partial charge in [-0.05, 0) is 19.9 Å². The molecule has 2 aliphatic rings. The van der Waals surface area contributed by atoms with E-state index in [-0.39, 0.29) is 0 Å². The fraction of sp³-hybridized carbons (Fsp3) is 0.900. The molecule has 2 rings (SSSR count). The van der Waals surface area contributed by atoms with E-state index in [0.29, 0.717) is 25.8 Å². The van der Waals surface area contributed by atoms with Crippen LogP contribution in [-0.2, 0) is 9.53 Å². The summed E-state index contributed by atoms with van der Waals surface area (Å²) < 4.78 is 5.02. The van der Waals surface area contributed by atoms with Gasteiger partial charge in [0.2, 0.25) is 0 Å². The molecular formula is C10H17NO3. The fourth-order valence-electron chi connectivity index (χ4n) is 2.06. The van der Waals surface area contributed by atoms with E-state index in [1.54, 1.807) is 0 Å². The summed E-state index contributed by atoms with van der Waals surface area (Å²) in [5.41, 5.74) is -0.621. The number of hydrogen-bond acceptors (Lipinski definition) is 3. The highest BCUT2D eigenvalue weighted by Gasteiger charge is 2.47. The van der Waals surface area contributed by atoms with E-state index < -0.39 is 11.4 Å². The smallest absolute Gasteiger partial charge is 0.315 e. The van der Waals surface area contributed by atoms with Crippen molar-refractivity contribution < 1.29 is 14.6 Å². The SMILES string of the molecule is CN(CC1(C(=O)O)COC1)C1CCC1. The summed E-state index contributed by atoms with van der Waals surface area (Å²) in [7, 11) is 2.02. The Hall–Kier alpha value is -0.610. The summed E-state index contributed by atoms with van der Waals surface area (Å²) in [5, 5.41) is 9.10. The molecule has 2 fully saturated rings. The predicted molar refractivity (Wildman–Crippen MR) is 51.2 cm³/mol. The third kappa shape index (κ3) is 1.53. The van der Waals surface area contributed by atoms with E-state index in [0.717, 1.165) is 0 Å². The van der Waals surface area contributed by atoms with Crippen molar-refractivity contribution in [3.63, 3.8) is 0 Å². The van der Waals surface area contributed by atoms with Gasteiger partial charge in [-0.25, -0.2) is 0 Å². The van der Waals surface area contributed by atoms with Gasteiger partial charge in [-0.15, -0.1) is 0 Å². The van der Waals surface area contributed by atoms with Gasteiger partial charge < -0.3 is 14.7 Å². The molecule has 0 bridgehead atoms. The van der Waals surface area contributed by atoms with Crippen molar-refractivity contribution in [1.82, 2.24) is 4.90 Å². The van der Waals surface area contributed by atoms with Crippen LogP contribution in [0.25, 0.3) is 0 Å². The van der Waals surface area contributed by atoms with Gasteiger partial charge in [0.25, 0.3) is 0 Å². The highest BCUT2D eigenvalue weighted by atomic mass is 16.5. The van der Waals surface area contributed by atoms with Crippen LogP contribution in [-0.4, -0.2) is 48.8 Å². The zero-order chi connectivity index (χ0) is 10.2. The molecule has 0 unspecified atom stereocenters. The zero-order valence-electron chi connectivity index (χ0n) is 8.53. The Morgan fingerprint density at radius 2 is 2.21 bits per heavy atom. The Bertz CT molecular complexity index is 234. The Kier molecular flexibility index (Phi) is 2.49. The minimum absolute atomic E-state index is 0.374. The standard InChI is InChI=1S/C10H17NO3/c1-11(8-3-2-4-8)5-10(9(12)13)6-14-7-10/h8H,2-7H2,1H3,(H,12,13). The first kappa shape index (κ1) is 9.93. The first-order chi connectivity index (χ1) is 6.64. The van der Waals surface area contributed by atoms with Crippen molar-refractivity contribution in [2.24, 2.45) is 5.41 Å².